The summed E-state index contributed by atoms with van der Waals surface area (Å²) in [5.74, 6) is -0.932. The smallest absolute Gasteiger partial charge is 0.328 e. The zero-order valence-corrected chi connectivity index (χ0v) is 16.9. The average molecular weight is 386 g/mol. The third-order valence-electron chi connectivity index (χ3n) is 4.46. The number of benzene rings is 2. The van der Waals surface area contributed by atoms with Crippen molar-refractivity contribution in [3.8, 4) is 0 Å². The Hall–Kier alpha value is -2.89. The van der Waals surface area contributed by atoms with Crippen LogP contribution in [0.15, 0.2) is 42.5 Å². The number of anilines is 1. The summed E-state index contributed by atoms with van der Waals surface area (Å²) >= 11 is 0. The van der Waals surface area contributed by atoms with E-state index in [1.54, 1.807) is 12.1 Å². The molecule has 5 nitrogen and oxygen atoms in total. The molecule has 2 rings (SSSR count). The minimum Gasteiger partial charge on any atom is -0.467 e. The second-order valence-electron chi connectivity index (χ2n) is 7.75. The highest BCUT2D eigenvalue weighted by Gasteiger charge is 2.24. The number of hydrogen-bond acceptors (Lipinski definition) is 3. The molecule has 1 atom stereocenters. The lowest BCUT2D eigenvalue weighted by atomic mass is 9.84. The van der Waals surface area contributed by atoms with Gasteiger partial charge in [-0.25, -0.2) is 14.0 Å². The van der Waals surface area contributed by atoms with Crippen LogP contribution in [0.25, 0.3) is 0 Å². The molecule has 2 aromatic carbocycles. The van der Waals surface area contributed by atoms with Crippen molar-refractivity contribution < 1.29 is 18.7 Å². The van der Waals surface area contributed by atoms with Crippen LogP contribution in [0.2, 0.25) is 0 Å². The first kappa shape index (κ1) is 21.4. The van der Waals surface area contributed by atoms with Crippen molar-refractivity contribution in [2.75, 3.05) is 12.4 Å². The molecule has 150 valence electrons. The minimum atomic E-state index is -0.891. The van der Waals surface area contributed by atoms with E-state index in [0.29, 0.717) is 5.56 Å². The van der Waals surface area contributed by atoms with Crippen LogP contribution in [0, 0.1) is 12.7 Å². The van der Waals surface area contributed by atoms with Gasteiger partial charge in [0, 0.05) is 12.1 Å². The molecule has 0 heterocycles. The van der Waals surface area contributed by atoms with Crippen LogP contribution in [0.5, 0.6) is 0 Å². The molecule has 0 aliphatic carbocycles. The predicted octanol–water partition coefficient (Wildman–Crippen LogP) is 4.34. The van der Waals surface area contributed by atoms with Crippen LogP contribution < -0.4 is 10.6 Å². The van der Waals surface area contributed by atoms with Crippen molar-refractivity contribution in [3.63, 3.8) is 0 Å². The van der Waals surface area contributed by atoms with Crippen molar-refractivity contribution in [1.82, 2.24) is 5.32 Å². The van der Waals surface area contributed by atoms with E-state index in [9.17, 15) is 14.0 Å². The molecule has 0 radical (unpaired) electrons. The lowest BCUT2D eigenvalue weighted by Gasteiger charge is -2.25. The highest BCUT2D eigenvalue weighted by Crippen LogP contribution is 2.31. The quantitative estimate of drug-likeness (QED) is 0.752. The van der Waals surface area contributed by atoms with E-state index >= 15 is 0 Å². The van der Waals surface area contributed by atoms with E-state index in [-0.39, 0.29) is 17.7 Å². The number of para-hydroxylation sites is 1. The van der Waals surface area contributed by atoms with Gasteiger partial charge in [0.25, 0.3) is 0 Å². The fraction of sp³-hybridized carbons (Fsp3) is 0.364. The number of methoxy groups -OCH3 is 1. The maximum absolute atomic E-state index is 13.1. The van der Waals surface area contributed by atoms with Crippen LogP contribution in [-0.2, 0) is 21.4 Å². The second-order valence-corrected chi connectivity index (χ2v) is 7.75. The van der Waals surface area contributed by atoms with E-state index in [2.05, 4.69) is 31.4 Å². The molecule has 0 saturated heterocycles. The molecule has 0 aliphatic heterocycles. The van der Waals surface area contributed by atoms with Gasteiger partial charge >= 0.3 is 12.0 Å². The Bertz CT molecular complexity index is 842. The summed E-state index contributed by atoms with van der Waals surface area (Å²) < 4.78 is 17.9. The summed E-state index contributed by atoms with van der Waals surface area (Å²) in [4.78, 5) is 24.8. The van der Waals surface area contributed by atoms with Gasteiger partial charge in [0.2, 0.25) is 0 Å². The number of carbonyl (C=O) groups excluding carboxylic acids is 2. The van der Waals surface area contributed by atoms with Gasteiger partial charge in [-0.05, 0) is 41.2 Å². The Morgan fingerprint density at radius 1 is 1.11 bits per heavy atom. The largest absolute Gasteiger partial charge is 0.467 e. The van der Waals surface area contributed by atoms with Crippen molar-refractivity contribution in [1.29, 1.82) is 0 Å². The minimum absolute atomic E-state index is 0.162. The number of halogens is 1. The Labute approximate surface area is 165 Å². The molecule has 6 heteroatoms. The van der Waals surface area contributed by atoms with Crippen molar-refractivity contribution in [2.45, 2.75) is 45.6 Å². The Kier molecular flexibility index (Phi) is 6.78. The number of ether oxygens (including phenoxy) is 1. The number of amides is 2. The van der Waals surface area contributed by atoms with E-state index in [1.165, 1.54) is 19.2 Å². The number of rotatable bonds is 5. The fourth-order valence-electron chi connectivity index (χ4n) is 2.96. The molecule has 2 aromatic rings. The van der Waals surface area contributed by atoms with Gasteiger partial charge in [-0.2, -0.15) is 0 Å². The average Bonchev–Trinajstić information content (AvgIpc) is 2.63. The van der Waals surface area contributed by atoms with E-state index in [1.807, 2.05) is 25.1 Å². The first-order chi connectivity index (χ1) is 13.1. The molecular formula is C22H27FN2O3. The van der Waals surface area contributed by atoms with Gasteiger partial charge in [-0.3, -0.25) is 0 Å². The molecule has 2 N–H and O–H groups in total. The Morgan fingerprint density at radius 3 is 2.32 bits per heavy atom. The van der Waals surface area contributed by atoms with Gasteiger partial charge < -0.3 is 15.4 Å². The Morgan fingerprint density at radius 2 is 1.75 bits per heavy atom. The van der Waals surface area contributed by atoms with Crippen LogP contribution in [0.1, 0.15) is 37.5 Å². The summed E-state index contributed by atoms with van der Waals surface area (Å²) in [6.45, 7) is 8.12. The van der Waals surface area contributed by atoms with Gasteiger partial charge in [0.05, 0.1) is 7.11 Å². The molecule has 0 aromatic heterocycles. The lowest BCUT2D eigenvalue weighted by Crippen LogP contribution is -2.45. The predicted molar refractivity (Wildman–Crippen MR) is 108 cm³/mol. The van der Waals surface area contributed by atoms with E-state index in [0.717, 1.165) is 16.8 Å². The molecule has 0 bridgehead atoms. The molecule has 1 unspecified atom stereocenters. The summed E-state index contributed by atoms with van der Waals surface area (Å²) in [5, 5.41) is 5.54. The highest BCUT2D eigenvalue weighted by atomic mass is 19.1. The van der Waals surface area contributed by atoms with Crippen molar-refractivity contribution in [3.05, 3.63) is 65.0 Å². The topological polar surface area (TPSA) is 67.4 Å². The number of aryl methyl sites for hydroxylation is 1. The number of nitrogens with one attached hydrogen (secondary N) is 2. The normalized spacial score (nSPS) is 12.2. The van der Waals surface area contributed by atoms with Crippen LogP contribution in [0.4, 0.5) is 14.9 Å². The zero-order valence-electron chi connectivity index (χ0n) is 16.9. The number of hydrogen-bond donors (Lipinski definition) is 2. The van der Waals surface area contributed by atoms with Gasteiger partial charge in [0.1, 0.15) is 11.9 Å². The molecule has 2 amide bonds. The first-order valence-electron chi connectivity index (χ1n) is 9.11. The molecule has 0 aliphatic rings. The summed E-state index contributed by atoms with van der Waals surface area (Å²) in [7, 11) is 1.26. The number of esters is 1. The third kappa shape index (κ3) is 5.55. The zero-order chi connectivity index (χ0) is 20.9. The molecule has 0 saturated carbocycles. The first-order valence-corrected chi connectivity index (χ1v) is 9.11. The second kappa shape index (κ2) is 8.87. The maximum Gasteiger partial charge on any atom is 0.328 e. The van der Waals surface area contributed by atoms with E-state index < -0.39 is 18.0 Å². The lowest BCUT2D eigenvalue weighted by molar-refractivity contribution is -0.142. The SMILES string of the molecule is COC(=O)C(Cc1ccc(F)cc1)NC(=O)Nc1c(C)cccc1C(C)(C)C. The van der Waals surface area contributed by atoms with E-state index in [4.69, 9.17) is 4.74 Å². The van der Waals surface area contributed by atoms with Crippen molar-refractivity contribution in [2.24, 2.45) is 0 Å². The maximum atomic E-state index is 13.1. The summed E-state index contributed by atoms with van der Waals surface area (Å²) in [6.07, 6.45) is 0.195. The third-order valence-corrected chi connectivity index (χ3v) is 4.46. The monoisotopic (exact) mass is 386 g/mol. The van der Waals surface area contributed by atoms with Gasteiger partial charge in [0.15, 0.2) is 0 Å². The number of urea groups is 1. The van der Waals surface area contributed by atoms with Crippen LogP contribution in [-0.4, -0.2) is 25.2 Å². The molecule has 0 spiro atoms. The summed E-state index contributed by atoms with van der Waals surface area (Å²) in [5.41, 5.74) is 3.19. The molecule has 28 heavy (non-hydrogen) atoms. The highest BCUT2D eigenvalue weighted by molar-refractivity contribution is 5.94. The molecular weight excluding hydrogens is 359 g/mol. The van der Waals surface area contributed by atoms with Gasteiger partial charge in [-0.1, -0.05) is 51.1 Å². The molecule has 0 fully saturated rings. The van der Waals surface area contributed by atoms with Crippen molar-refractivity contribution >= 4 is 17.7 Å². The standard InChI is InChI=1S/C22H27FN2O3/c1-14-7-6-8-17(22(2,3)4)19(14)25-21(27)24-18(20(26)28-5)13-15-9-11-16(23)12-10-15/h6-12,18H,13H2,1-5H3,(H2,24,25,27). The van der Waals surface area contributed by atoms with Gasteiger partial charge in [-0.15, -0.1) is 0 Å². The van der Waals surface area contributed by atoms with Crippen LogP contribution >= 0.6 is 0 Å². The van der Waals surface area contributed by atoms with Crippen LogP contribution in [0.3, 0.4) is 0 Å². The fourth-order valence-corrected chi connectivity index (χ4v) is 2.96. The summed E-state index contributed by atoms with van der Waals surface area (Å²) in [6, 6.07) is 10.2. The number of carbonyl (C=O) groups is 2. The Balaban J connectivity index is 2.18.